The van der Waals surface area contributed by atoms with E-state index in [0.29, 0.717) is 0 Å². The number of cyclic esters (lactones) is 1. The largest absolute Gasteiger partial charge is 0.462 e. The molecule has 1 fully saturated rings. The zero-order valence-electron chi connectivity index (χ0n) is 15.9. The van der Waals surface area contributed by atoms with Gasteiger partial charge in [-0.1, -0.05) is 84.9 Å². The first-order valence-corrected chi connectivity index (χ1v) is 9.88. The minimum Gasteiger partial charge on any atom is -0.462 e. The van der Waals surface area contributed by atoms with Crippen LogP contribution in [0.5, 0.6) is 0 Å². The number of hydrogen-bond acceptors (Lipinski definition) is 2. The number of ether oxygens (including phenoxy) is 1. The number of carbonyl (C=O) groups is 1. The maximum Gasteiger partial charge on any atom is 0.321 e. The van der Waals surface area contributed by atoms with Crippen molar-refractivity contribution in [2.24, 2.45) is 0 Å². The molecule has 1 heterocycles. The lowest BCUT2D eigenvalue weighted by Crippen LogP contribution is -2.45. The van der Waals surface area contributed by atoms with E-state index < -0.39 is 5.41 Å². The van der Waals surface area contributed by atoms with E-state index in [1.54, 1.807) is 0 Å². The minimum absolute atomic E-state index is 0.0504. The molecule has 1 atom stereocenters. The third-order valence-electron chi connectivity index (χ3n) is 6.08. The summed E-state index contributed by atoms with van der Waals surface area (Å²) < 4.78 is 5.87. The topological polar surface area (TPSA) is 26.3 Å². The molecule has 138 valence electrons. The van der Waals surface area contributed by atoms with Gasteiger partial charge in [-0.3, -0.25) is 4.79 Å². The van der Waals surface area contributed by atoms with Gasteiger partial charge >= 0.3 is 5.97 Å². The summed E-state index contributed by atoms with van der Waals surface area (Å²) in [6.45, 7) is 1.98. The molecule has 1 unspecified atom stereocenters. The van der Waals surface area contributed by atoms with Crippen molar-refractivity contribution in [3.05, 3.63) is 96.1 Å². The van der Waals surface area contributed by atoms with Crippen LogP contribution in [-0.4, -0.2) is 12.1 Å². The first-order valence-electron chi connectivity index (χ1n) is 9.88. The molecule has 0 spiro atoms. The van der Waals surface area contributed by atoms with Gasteiger partial charge in [-0.15, -0.1) is 0 Å². The van der Waals surface area contributed by atoms with Crippen molar-refractivity contribution >= 4 is 27.5 Å². The van der Waals surface area contributed by atoms with Crippen molar-refractivity contribution < 1.29 is 9.53 Å². The molecule has 0 aliphatic carbocycles. The molecule has 2 nitrogen and oxygen atoms in total. The van der Waals surface area contributed by atoms with E-state index in [1.165, 1.54) is 0 Å². The van der Waals surface area contributed by atoms with Crippen molar-refractivity contribution in [1.29, 1.82) is 0 Å². The lowest BCUT2D eigenvalue weighted by atomic mass is 9.67. The standard InChI is InChI=1S/C26H22O2/c1-18-16-17-26(25(27)28-18,23-14-6-10-19-8-2-4-12-21(19)23)24-15-7-11-20-9-3-5-13-22(20)24/h2-15,18H,16-17H2,1H3. The Morgan fingerprint density at radius 2 is 1.25 bits per heavy atom. The molecular formula is C26H22O2. The van der Waals surface area contributed by atoms with Crippen LogP contribution in [0.3, 0.4) is 0 Å². The number of fused-ring (bicyclic) bond motifs is 2. The van der Waals surface area contributed by atoms with E-state index in [2.05, 4.69) is 60.7 Å². The molecule has 2 heteroatoms. The Bertz CT molecular complexity index is 1100. The summed E-state index contributed by atoms with van der Waals surface area (Å²) >= 11 is 0. The second-order valence-corrected chi connectivity index (χ2v) is 7.71. The van der Waals surface area contributed by atoms with Gasteiger partial charge in [0.2, 0.25) is 0 Å². The van der Waals surface area contributed by atoms with E-state index in [0.717, 1.165) is 45.5 Å². The minimum atomic E-state index is -0.797. The SMILES string of the molecule is CC1CCC(c2cccc3ccccc23)(c2cccc3ccccc23)C(=O)O1. The highest BCUT2D eigenvalue weighted by Crippen LogP contribution is 2.46. The molecular weight excluding hydrogens is 344 g/mol. The van der Waals surface area contributed by atoms with Gasteiger partial charge in [0.1, 0.15) is 5.41 Å². The molecule has 0 radical (unpaired) electrons. The van der Waals surface area contributed by atoms with Crippen LogP contribution in [0.25, 0.3) is 21.5 Å². The third kappa shape index (κ3) is 2.45. The number of rotatable bonds is 2. The van der Waals surface area contributed by atoms with Gasteiger partial charge in [-0.25, -0.2) is 0 Å². The maximum absolute atomic E-state index is 13.6. The van der Waals surface area contributed by atoms with E-state index >= 15 is 0 Å². The molecule has 0 aromatic heterocycles. The van der Waals surface area contributed by atoms with E-state index in [9.17, 15) is 4.79 Å². The maximum atomic E-state index is 13.6. The molecule has 5 rings (SSSR count). The second kappa shape index (κ2) is 6.49. The van der Waals surface area contributed by atoms with Crippen LogP contribution in [-0.2, 0) is 14.9 Å². The average Bonchev–Trinajstić information content (AvgIpc) is 2.74. The Hall–Kier alpha value is -3.13. The van der Waals surface area contributed by atoms with Gasteiger partial charge in [-0.05, 0) is 52.4 Å². The highest BCUT2D eigenvalue weighted by atomic mass is 16.5. The van der Waals surface area contributed by atoms with Crippen molar-refractivity contribution in [1.82, 2.24) is 0 Å². The Morgan fingerprint density at radius 1 is 0.750 bits per heavy atom. The van der Waals surface area contributed by atoms with Crippen molar-refractivity contribution in [3.8, 4) is 0 Å². The van der Waals surface area contributed by atoms with Crippen LogP contribution < -0.4 is 0 Å². The van der Waals surface area contributed by atoms with Gasteiger partial charge in [-0.2, -0.15) is 0 Å². The summed E-state index contributed by atoms with van der Waals surface area (Å²) in [7, 11) is 0. The molecule has 0 N–H and O–H groups in total. The highest BCUT2D eigenvalue weighted by molar-refractivity contribution is 6.01. The molecule has 0 saturated carbocycles. The molecule has 4 aromatic rings. The second-order valence-electron chi connectivity index (χ2n) is 7.71. The van der Waals surface area contributed by atoms with Gasteiger partial charge in [0.05, 0.1) is 6.10 Å². The third-order valence-corrected chi connectivity index (χ3v) is 6.08. The lowest BCUT2D eigenvalue weighted by Gasteiger charge is -2.39. The predicted octanol–water partition coefficient (Wildman–Crippen LogP) is 6.00. The van der Waals surface area contributed by atoms with Crippen LogP contribution in [0, 0.1) is 0 Å². The van der Waals surface area contributed by atoms with E-state index in [1.807, 2.05) is 31.2 Å². The van der Waals surface area contributed by atoms with Gasteiger partial charge < -0.3 is 4.74 Å². The highest BCUT2D eigenvalue weighted by Gasteiger charge is 2.48. The van der Waals surface area contributed by atoms with Gasteiger partial charge in [0.15, 0.2) is 0 Å². The normalized spacial score (nSPS) is 18.9. The summed E-state index contributed by atoms with van der Waals surface area (Å²) in [5.74, 6) is -0.140. The Morgan fingerprint density at radius 3 is 1.79 bits per heavy atom. The lowest BCUT2D eigenvalue weighted by molar-refractivity contribution is -0.159. The summed E-state index contributed by atoms with van der Waals surface area (Å²) in [4.78, 5) is 13.6. The molecule has 1 saturated heterocycles. The Balaban J connectivity index is 1.88. The zero-order chi connectivity index (χ0) is 19.1. The Kier molecular flexibility index (Phi) is 3.94. The first kappa shape index (κ1) is 17.0. The number of benzene rings is 4. The van der Waals surface area contributed by atoms with Crippen LogP contribution in [0.1, 0.15) is 30.9 Å². The first-order chi connectivity index (χ1) is 13.7. The fourth-order valence-electron chi connectivity index (χ4n) is 4.69. The molecule has 4 aromatic carbocycles. The summed E-state index contributed by atoms with van der Waals surface area (Å²) in [5.41, 5.74) is 1.28. The number of esters is 1. The van der Waals surface area contributed by atoms with Crippen LogP contribution in [0.2, 0.25) is 0 Å². The van der Waals surface area contributed by atoms with E-state index in [4.69, 9.17) is 4.74 Å². The molecule has 1 aliphatic rings. The van der Waals surface area contributed by atoms with Crippen molar-refractivity contribution in [3.63, 3.8) is 0 Å². The monoisotopic (exact) mass is 366 g/mol. The van der Waals surface area contributed by atoms with Crippen molar-refractivity contribution in [2.75, 3.05) is 0 Å². The van der Waals surface area contributed by atoms with Crippen LogP contribution in [0.4, 0.5) is 0 Å². The van der Waals surface area contributed by atoms with E-state index in [-0.39, 0.29) is 12.1 Å². The summed E-state index contributed by atoms with van der Waals surface area (Å²) in [6, 6.07) is 29.1. The fourth-order valence-corrected chi connectivity index (χ4v) is 4.69. The molecule has 28 heavy (non-hydrogen) atoms. The zero-order valence-corrected chi connectivity index (χ0v) is 15.9. The average molecular weight is 366 g/mol. The van der Waals surface area contributed by atoms with Crippen LogP contribution >= 0.6 is 0 Å². The molecule has 0 amide bonds. The quantitative estimate of drug-likeness (QED) is 0.406. The number of carbonyl (C=O) groups excluding carboxylic acids is 1. The van der Waals surface area contributed by atoms with Crippen molar-refractivity contribution in [2.45, 2.75) is 31.3 Å². The summed E-state index contributed by atoms with van der Waals surface area (Å²) in [6.07, 6.45) is 1.54. The predicted molar refractivity (Wildman–Crippen MR) is 113 cm³/mol. The molecule has 0 bridgehead atoms. The smallest absolute Gasteiger partial charge is 0.321 e. The Labute approximate surface area is 164 Å². The summed E-state index contributed by atoms with van der Waals surface area (Å²) in [5, 5.41) is 4.52. The van der Waals surface area contributed by atoms with Gasteiger partial charge in [0, 0.05) is 0 Å². The van der Waals surface area contributed by atoms with Crippen LogP contribution in [0.15, 0.2) is 84.9 Å². The van der Waals surface area contributed by atoms with Gasteiger partial charge in [0.25, 0.3) is 0 Å². The molecule has 1 aliphatic heterocycles. The number of hydrogen-bond donors (Lipinski definition) is 0. The fraction of sp³-hybridized carbons (Fsp3) is 0.192.